The predicted molar refractivity (Wildman–Crippen MR) is 108 cm³/mol. The highest BCUT2D eigenvalue weighted by Crippen LogP contribution is 2.24. The Morgan fingerprint density at radius 1 is 1.23 bits per heavy atom. The minimum atomic E-state index is 0.454. The first-order chi connectivity index (χ1) is 12.6. The quantitative estimate of drug-likeness (QED) is 0.547. The summed E-state index contributed by atoms with van der Waals surface area (Å²) in [5.41, 5.74) is 2.23. The van der Waals surface area contributed by atoms with Crippen LogP contribution in [-0.2, 0) is 13.0 Å². The number of aromatic nitrogens is 1. The van der Waals surface area contributed by atoms with Crippen LogP contribution >= 0.6 is 11.3 Å². The van der Waals surface area contributed by atoms with E-state index in [0.717, 1.165) is 46.7 Å². The summed E-state index contributed by atoms with van der Waals surface area (Å²) in [7, 11) is 5.11. The van der Waals surface area contributed by atoms with Gasteiger partial charge in [0.15, 0.2) is 5.96 Å². The first-order valence-electron chi connectivity index (χ1n) is 8.67. The van der Waals surface area contributed by atoms with E-state index in [2.05, 4.69) is 39.8 Å². The number of aliphatic imine (C=N–C) groups is 1. The van der Waals surface area contributed by atoms with Crippen LogP contribution in [0.2, 0.25) is 0 Å². The van der Waals surface area contributed by atoms with Gasteiger partial charge < -0.3 is 20.1 Å². The summed E-state index contributed by atoms with van der Waals surface area (Å²) in [4.78, 5) is 8.90. The lowest BCUT2D eigenvalue weighted by molar-refractivity contribution is 0.398. The zero-order chi connectivity index (χ0) is 18.9. The normalized spacial score (nSPS) is 11.5. The summed E-state index contributed by atoms with van der Waals surface area (Å²) in [6.45, 7) is 5.71. The molecule has 1 aromatic carbocycles. The van der Waals surface area contributed by atoms with Gasteiger partial charge in [0.1, 0.15) is 16.5 Å². The standard InChI is InChI=1S/C19H28N4O2S/c1-13(2)16-12-26-18(23-16)11-22-19(20-3)21-9-8-14-10-15(24-4)6-7-17(14)25-5/h6-7,10,12-13H,8-9,11H2,1-5H3,(H2,20,21,22). The SMILES string of the molecule is CN=C(NCCc1cc(OC)ccc1OC)NCc1nc(C(C)C)cs1. The molecule has 0 aliphatic heterocycles. The van der Waals surface area contributed by atoms with Gasteiger partial charge in [-0.25, -0.2) is 4.98 Å². The third-order valence-electron chi connectivity index (χ3n) is 3.97. The molecule has 1 aromatic heterocycles. The molecule has 142 valence electrons. The Morgan fingerprint density at radius 3 is 2.65 bits per heavy atom. The van der Waals surface area contributed by atoms with E-state index in [-0.39, 0.29) is 0 Å². The maximum Gasteiger partial charge on any atom is 0.191 e. The molecule has 2 aromatic rings. The van der Waals surface area contributed by atoms with E-state index in [0.29, 0.717) is 12.5 Å². The Kier molecular flexibility index (Phi) is 7.72. The van der Waals surface area contributed by atoms with Crippen molar-refractivity contribution in [2.24, 2.45) is 4.99 Å². The zero-order valence-electron chi connectivity index (χ0n) is 16.1. The number of thiazole rings is 1. The lowest BCUT2D eigenvalue weighted by atomic mass is 10.1. The highest BCUT2D eigenvalue weighted by molar-refractivity contribution is 7.09. The van der Waals surface area contributed by atoms with Gasteiger partial charge in [-0.1, -0.05) is 13.8 Å². The second-order valence-corrected chi connectivity index (χ2v) is 7.04. The Bertz CT molecular complexity index is 728. The number of hydrogen-bond donors (Lipinski definition) is 2. The Hall–Kier alpha value is -2.28. The molecule has 0 bridgehead atoms. The van der Waals surface area contributed by atoms with Crippen molar-refractivity contribution in [3.63, 3.8) is 0 Å². The van der Waals surface area contributed by atoms with E-state index in [9.17, 15) is 0 Å². The Balaban J connectivity index is 1.85. The smallest absolute Gasteiger partial charge is 0.191 e. The first kappa shape index (κ1) is 20.0. The molecular formula is C19H28N4O2S. The summed E-state index contributed by atoms with van der Waals surface area (Å²) < 4.78 is 10.7. The van der Waals surface area contributed by atoms with Crippen LogP contribution in [0.1, 0.15) is 36.0 Å². The van der Waals surface area contributed by atoms with Crippen LogP contribution in [-0.4, -0.2) is 38.8 Å². The maximum atomic E-state index is 5.42. The molecule has 7 heteroatoms. The molecule has 2 rings (SSSR count). The molecule has 0 unspecified atom stereocenters. The molecule has 0 aliphatic carbocycles. The minimum Gasteiger partial charge on any atom is -0.497 e. The van der Waals surface area contributed by atoms with Crippen LogP contribution in [0.3, 0.4) is 0 Å². The summed E-state index contributed by atoms with van der Waals surface area (Å²) in [6.07, 6.45) is 0.801. The van der Waals surface area contributed by atoms with Crippen LogP contribution in [0.25, 0.3) is 0 Å². The number of hydrogen-bond acceptors (Lipinski definition) is 5. The van der Waals surface area contributed by atoms with Crippen LogP contribution in [0.4, 0.5) is 0 Å². The van der Waals surface area contributed by atoms with E-state index in [1.54, 1.807) is 32.6 Å². The highest BCUT2D eigenvalue weighted by Gasteiger charge is 2.08. The maximum absolute atomic E-state index is 5.42. The van der Waals surface area contributed by atoms with Gasteiger partial charge in [0.2, 0.25) is 0 Å². The van der Waals surface area contributed by atoms with Gasteiger partial charge in [-0.05, 0) is 36.1 Å². The molecular weight excluding hydrogens is 348 g/mol. The summed E-state index contributed by atoms with van der Waals surface area (Å²) in [5.74, 6) is 2.90. The fraction of sp³-hybridized carbons (Fsp3) is 0.474. The van der Waals surface area contributed by atoms with Gasteiger partial charge in [0, 0.05) is 19.0 Å². The first-order valence-corrected chi connectivity index (χ1v) is 9.55. The van der Waals surface area contributed by atoms with E-state index >= 15 is 0 Å². The van der Waals surface area contributed by atoms with Crippen molar-refractivity contribution >= 4 is 17.3 Å². The van der Waals surface area contributed by atoms with Gasteiger partial charge in [0.05, 0.1) is 26.5 Å². The van der Waals surface area contributed by atoms with Gasteiger partial charge in [-0.2, -0.15) is 0 Å². The van der Waals surface area contributed by atoms with Crippen LogP contribution in [0.15, 0.2) is 28.6 Å². The third-order valence-corrected chi connectivity index (χ3v) is 4.83. The molecule has 1 heterocycles. The second kappa shape index (κ2) is 10.0. The number of rotatable bonds is 8. The lowest BCUT2D eigenvalue weighted by Crippen LogP contribution is -2.37. The number of ether oxygens (including phenoxy) is 2. The summed E-state index contributed by atoms with van der Waals surface area (Å²) >= 11 is 1.67. The molecule has 2 N–H and O–H groups in total. The molecule has 6 nitrogen and oxygen atoms in total. The largest absolute Gasteiger partial charge is 0.497 e. The van der Waals surface area contributed by atoms with Crippen molar-refractivity contribution in [2.45, 2.75) is 32.7 Å². The van der Waals surface area contributed by atoms with Crippen LogP contribution in [0, 0.1) is 0 Å². The van der Waals surface area contributed by atoms with Crippen molar-refractivity contribution in [3.8, 4) is 11.5 Å². The van der Waals surface area contributed by atoms with Crippen molar-refractivity contribution < 1.29 is 9.47 Å². The molecule has 26 heavy (non-hydrogen) atoms. The molecule has 0 saturated heterocycles. The van der Waals surface area contributed by atoms with Gasteiger partial charge in [-0.15, -0.1) is 11.3 Å². The molecule has 0 amide bonds. The number of benzene rings is 1. The van der Waals surface area contributed by atoms with Crippen LogP contribution < -0.4 is 20.1 Å². The van der Waals surface area contributed by atoms with Gasteiger partial charge in [-0.3, -0.25) is 4.99 Å². The van der Waals surface area contributed by atoms with Crippen molar-refractivity contribution in [1.82, 2.24) is 15.6 Å². The molecule has 0 radical (unpaired) electrons. The Labute approximate surface area is 159 Å². The molecule has 0 aliphatic rings. The Morgan fingerprint density at radius 2 is 2.04 bits per heavy atom. The topological polar surface area (TPSA) is 67.8 Å². The average Bonchev–Trinajstić information content (AvgIpc) is 3.13. The van der Waals surface area contributed by atoms with Crippen LogP contribution in [0.5, 0.6) is 11.5 Å². The minimum absolute atomic E-state index is 0.454. The third kappa shape index (κ3) is 5.62. The van der Waals surface area contributed by atoms with E-state index < -0.39 is 0 Å². The van der Waals surface area contributed by atoms with Gasteiger partial charge >= 0.3 is 0 Å². The monoisotopic (exact) mass is 376 g/mol. The lowest BCUT2D eigenvalue weighted by Gasteiger charge is -2.13. The van der Waals surface area contributed by atoms with E-state index in [1.165, 1.54) is 0 Å². The fourth-order valence-electron chi connectivity index (χ4n) is 2.44. The predicted octanol–water partition coefficient (Wildman–Crippen LogP) is 3.19. The number of nitrogens with zero attached hydrogens (tertiary/aromatic N) is 2. The number of guanidine groups is 1. The second-order valence-electron chi connectivity index (χ2n) is 6.10. The van der Waals surface area contributed by atoms with Crippen molar-refractivity contribution in [2.75, 3.05) is 27.8 Å². The highest BCUT2D eigenvalue weighted by atomic mass is 32.1. The fourth-order valence-corrected chi connectivity index (χ4v) is 3.34. The number of methoxy groups -OCH3 is 2. The van der Waals surface area contributed by atoms with E-state index in [4.69, 9.17) is 9.47 Å². The van der Waals surface area contributed by atoms with Gasteiger partial charge in [0.25, 0.3) is 0 Å². The van der Waals surface area contributed by atoms with Crippen molar-refractivity contribution in [3.05, 3.63) is 39.8 Å². The summed E-state index contributed by atoms with van der Waals surface area (Å²) in [5, 5.41) is 9.81. The number of nitrogens with one attached hydrogen (secondary N) is 2. The summed E-state index contributed by atoms with van der Waals surface area (Å²) in [6, 6.07) is 5.82. The van der Waals surface area contributed by atoms with E-state index in [1.807, 2.05) is 18.2 Å². The molecule has 0 atom stereocenters. The molecule has 0 fully saturated rings. The average molecular weight is 377 g/mol. The molecule has 0 saturated carbocycles. The molecule has 0 spiro atoms. The zero-order valence-corrected chi connectivity index (χ0v) is 16.9. The van der Waals surface area contributed by atoms with Crippen molar-refractivity contribution in [1.29, 1.82) is 0 Å².